The lowest BCUT2D eigenvalue weighted by atomic mass is 10.1. The monoisotopic (exact) mass is 366 g/mol. The number of Topliss-reactive ketones (excluding diaryl/α,β-unsaturated/α-hetero) is 1. The van der Waals surface area contributed by atoms with Crippen molar-refractivity contribution in [1.82, 2.24) is 9.97 Å². The summed E-state index contributed by atoms with van der Waals surface area (Å²) in [5, 5.41) is 0.222. The van der Waals surface area contributed by atoms with E-state index in [9.17, 15) is 18.0 Å². The molecule has 0 N–H and O–H groups in total. The van der Waals surface area contributed by atoms with Crippen molar-refractivity contribution in [3.8, 4) is 11.5 Å². The molecule has 4 nitrogen and oxygen atoms in total. The predicted octanol–water partition coefficient (Wildman–Crippen LogP) is 4.83. The highest BCUT2D eigenvalue weighted by Gasteiger charge is 2.41. The minimum absolute atomic E-state index is 0.222. The molecule has 8 heteroatoms. The van der Waals surface area contributed by atoms with Crippen molar-refractivity contribution in [2.75, 3.05) is 0 Å². The first-order valence-corrected chi connectivity index (χ1v) is 7.49. The summed E-state index contributed by atoms with van der Waals surface area (Å²) in [4.78, 5) is 19.9. The summed E-state index contributed by atoms with van der Waals surface area (Å²) in [6, 6.07) is 11.0. The summed E-state index contributed by atoms with van der Waals surface area (Å²) in [5.41, 5.74) is 0.0216. The second kappa shape index (κ2) is 6.68. The smallest absolute Gasteiger partial charge is 0.431 e. The molecule has 0 amide bonds. The fourth-order valence-electron chi connectivity index (χ4n) is 2.19. The van der Waals surface area contributed by atoms with Crippen LogP contribution in [0.15, 0.2) is 53.1 Å². The van der Waals surface area contributed by atoms with E-state index in [1.807, 2.05) is 0 Å². The number of alkyl halides is 3. The summed E-state index contributed by atoms with van der Waals surface area (Å²) in [6.07, 6.45) is -3.80. The maximum atomic E-state index is 13.2. The van der Waals surface area contributed by atoms with Gasteiger partial charge in [0.2, 0.25) is 11.7 Å². The molecule has 0 saturated carbocycles. The average Bonchev–Trinajstić information content (AvgIpc) is 3.04. The third-order valence-corrected chi connectivity index (χ3v) is 3.55. The van der Waals surface area contributed by atoms with Crippen LogP contribution in [0.25, 0.3) is 11.5 Å². The third kappa shape index (κ3) is 3.88. The number of halogens is 4. The van der Waals surface area contributed by atoms with Crippen LogP contribution in [0.5, 0.6) is 0 Å². The number of rotatable bonds is 4. The van der Waals surface area contributed by atoms with Crippen LogP contribution in [0.2, 0.25) is 5.15 Å². The fourth-order valence-corrected chi connectivity index (χ4v) is 2.30. The normalized spacial score (nSPS) is 11.5. The lowest BCUT2D eigenvalue weighted by molar-refractivity contribution is -0.153. The van der Waals surface area contributed by atoms with Crippen LogP contribution in [-0.4, -0.2) is 15.8 Å². The number of oxazole rings is 1. The summed E-state index contributed by atoms with van der Waals surface area (Å²) in [6.45, 7) is 0. The van der Waals surface area contributed by atoms with Crippen molar-refractivity contribution in [1.29, 1.82) is 0 Å². The van der Waals surface area contributed by atoms with Crippen molar-refractivity contribution < 1.29 is 22.4 Å². The van der Waals surface area contributed by atoms with Gasteiger partial charge in [-0.05, 0) is 23.8 Å². The van der Waals surface area contributed by atoms with Gasteiger partial charge in [0.05, 0.1) is 0 Å². The van der Waals surface area contributed by atoms with Gasteiger partial charge in [0.15, 0.2) is 11.5 Å². The highest BCUT2D eigenvalue weighted by molar-refractivity contribution is 6.29. The standard InChI is InChI=1S/C17H10ClF3N2O2/c18-13-7-6-10(9-22-13)8-12(24)14-15(17(19,20)21)25-16(23-14)11-4-2-1-3-5-11/h1-7,9H,8H2. The van der Waals surface area contributed by atoms with Gasteiger partial charge in [0, 0.05) is 18.2 Å². The Kier molecular flexibility index (Phi) is 4.59. The molecule has 2 aromatic heterocycles. The van der Waals surface area contributed by atoms with E-state index < -0.39 is 23.4 Å². The van der Waals surface area contributed by atoms with E-state index in [1.165, 1.54) is 18.3 Å². The molecular formula is C17H10ClF3N2O2. The number of carbonyl (C=O) groups is 1. The summed E-state index contributed by atoms with van der Waals surface area (Å²) < 4.78 is 44.5. The quantitative estimate of drug-likeness (QED) is 0.490. The highest BCUT2D eigenvalue weighted by Crippen LogP contribution is 2.35. The number of aromatic nitrogens is 2. The van der Waals surface area contributed by atoms with Gasteiger partial charge in [-0.1, -0.05) is 35.9 Å². The molecular weight excluding hydrogens is 357 g/mol. The molecule has 0 atom stereocenters. The average molecular weight is 367 g/mol. The van der Waals surface area contributed by atoms with Gasteiger partial charge < -0.3 is 4.42 Å². The van der Waals surface area contributed by atoms with E-state index in [0.29, 0.717) is 11.1 Å². The minimum Gasteiger partial charge on any atom is -0.431 e. The number of hydrogen-bond donors (Lipinski definition) is 0. The van der Waals surface area contributed by atoms with E-state index in [2.05, 4.69) is 9.97 Å². The third-order valence-electron chi connectivity index (χ3n) is 3.32. The maximum absolute atomic E-state index is 13.2. The summed E-state index contributed by atoms with van der Waals surface area (Å²) in [7, 11) is 0. The Morgan fingerprint density at radius 1 is 1.12 bits per heavy atom. The molecule has 0 aliphatic rings. The van der Waals surface area contributed by atoms with Crippen molar-refractivity contribution in [3.05, 3.63) is 70.8 Å². The van der Waals surface area contributed by atoms with E-state index in [-0.39, 0.29) is 17.5 Å². The first-order valence-electron chi connectivity index (χ1n) is 7.11. The topological polar surface area (TPSA) is 56.0 Å². The molecule has 0 radical (unpaired) electrons. The van der Waals surface area contributed by atoms with Crippen LogP contribution in [0.1, 0.15) is 21.8 Å². The second-order valence-electron chi connectivity index (χ2n) is 5.15. The molecule has 3 aromatic rings. The van der Waals surface area contributed by atoms with E-state index in [1.54, 1.807) is 30.3 Å². The molecule has 3 rings (SSSR count). The highest BCUT2D eigenvalue weighted by atomic mass is 35.5. The van der Waals surface area contributed by atoms with Crippen molar-refractivity contribution >= 4 is 17.4 Å². The number of ketones is 1. The van der Waals surface area contributed by atoms with Gasteiger partial charge in [0.25, 0.3) is 0 Å². The maximum Gasteiger partial charge on any atom is 0.452 e. The van der Waals surface area contributed by atoms with Gasteiger partial charge in [0.1, 0.15) is 5.15 Å². The number of benzene rings is 1. The van der Waals surface area contributed by atoms with Gasteiger partial charge in [-0.15, -0.1) is 0 Å². The number of hydrogen-bond acceptors (Lipinski definition) is 4. The van der Waals surface area contributed by atoms with Gasteiger partial charge >= 0.3 is 6.18 Å². The van der Waals surface area contributed by atoms with E-state index >= 15 is 0 Å². The molecule has 25 heavy (non-hydrogen) atoms. The molecule has 0 unspecified atom stereocenters. The van der Waals surface area contributed by atoms with E-state index in [4.69, 9.17) is 16.0 Å². The van der Waals surface area contributed by atoms with Gasteiger partial charge in [-0.3, -0.25) is 4.79 Å². The SMILES string of the molecule is O=C(Cc1ccc(Cl)nc1)c1nc(-c2ccccc2)oc1C(F)(F)F. The van der Waals surface area contributed by atoms with Crippen LogP contribution >= 0.6 is 11.6 Å². The van der Waals surface area contributed by atoms with Gasteiger partial charge in [-0.25, -0.2) is 9.97 Å². The first kappa shape index (κ1) is 17.2. The molecule has 0 spiro atoms. The largest absolute Gasteiger partial charge is 0.452 e. The van der Waals surface area contributed by atoms with Crippen LogP contribution in [0.3, 0.4) is 0 Å². The Balaban J connectivity index is 1.97. The van der Waals surface area contributed by atoms with Crippen LogP contribution in [-0.2, 0) is 12.6 Å². The first-order chi connectivity index (χ1) is 11.8. The molecule has 0 aliphatic heterocycles. The number of pyridine rings is 1. The molecule has 0 saturated heterocycles. The molecule has 2 heterocycles. The second-order valence-corrected chi connectivity index (χ2v) is 5.54. The van der Waals surface area contributed by atoms with Gasteiger partial charge in [-0.2, -0.15) is 13.2 Å². The van der Waals surface area contributed by atoms with Crippen LogP contribution < -0.4 is 0 Å². The Labute approximate surface area is 145 Å². The number of nitrogens with zero attached hydrogens (tertiary/aromatic N) is 2. The van der Waals surface area contributed by atoms with Crippen LogP contribution in [0.4, 0.5) is 13.2 Å². The minimum atomic E-state index is -4.83. The molecule has 0 fully saturated rings. The zero-order valence-corrected chi connectivity index (χ0v) is 13.3. The Bertz CT molecular complexity index is 891. The van der Waals surface area contributed by atoms with Crippen molar-refractivity contribution in [3.63, 3.8) is 0 Å². The van der Waals surface area contributed by atoms with Crippen molar-refractivity contribution in [2.45, 2.75) is 12.6 Å². The lowest BCUT2D eigenvalue weighted by Gasteiger charge is -2.04. The Morgan fingerprint density at radius 2 is 1.84 bits per heavy atom. The van der Waals surface area contributed by atoms with Crippen LogP contribution in [0, 0.1) is 0 Å². The van der Waals surface area contributed by atoms with E-state index in [0.717, 1.165) is 0 Å². The Morgan fingerprint density at radius 3 is 2.44 bits per heavy atom. The summed E-state index contributed by atoms with van der Waals surface area (Å²) in [5.74, 6) is -2.48. The Hall–Kier alpha value is -2.67. The van der Waals surface area contributed by atoms with Crippen molar-refractivity contribution in [2.24, 2.45) is 0 Å². The molecule has 0 bridgehead atoms. The zero-order valence-electron chi connectivity index (χ0n) is 12.5. The predicted molar refractivity (Wildman–Crippen MR) is 84.2 cm³/mol. The summed E-state index contributed by atoms with van der Waals surface area (Å²) >= 11 is 5.65. The lowest BCUT2D eigenvalue weighted by Crippen LogP contribution is -2.13. The molecule has 128 valence electrons. The number of carbonyl (C=O) groups excluding carboxylic acids is 1. The fraction of sp³-hybridized carbons (Fsp3) is 0.118. The molecule has 0 aliphatic carbocycles. The zero-order chi connectivity index (χ0) is 18.0. The molecule has 1 aromatic carbocycles.